The summed E-state index contributed by atoms with van der Waals surface area (Å²) in [6, 6.07) is 3.94. The first-order valence-corrected chi connectivity index (χ1v) is 9.27. The first kappa shape index (κ1) is 16.1. The lowest BCUT2D eigenvalue weighted by molar-refractivity contribution is -0.131. The van der Waals surface area contributed by atoms with Crippen LogP contribution in [-0.4, -0.2) is 52.8 Å². The van der Waals surface area contributed by atoms with Crippen LogP contribution in [0, 0.1) is 13.8 Å². The molecular formula is C16H19N3O2S2. The summed E-state index contributed by atoms with van der Waals surface area (Å²) in [6.07, 6.45) is 0.457. The van der Waals surface area contributed by atoms with Crippen molar-refractivity contribution in [2.75, 3.05) is 26.2 Å². The molecule has 0 saturated carbocycles. The van der Waals surface area contributed by atoms with E-state index >= 15 is 0 Å². The molecule has 2 aromatic rings. The van der Waals surface area contributed by atoms with Crippen LogP contribution in [0.15, 0.2) is 17.5 Å². The molecule has 0 N–H and O–H groups in total. The van der Waals surface area contributed by atoms with Crippen LogP contribution in [0.5, 0.6) is 0 Å². The Morgan fingerprint density at radius 1 is 1.17 bits per heavy atom. The van der Waals surface area contributed by atoms with Crippen molar-refractivity contribution >= 4 is 34.5 Å². The molecule has 0 unspecified atom stereocenters. The van der Waals surface area contributed by atoms with Crippen LogP contribution in [0.3, 0.4) is 0 Å². The number of nitrogens with zero attached hydrogens (tertiary/aromatic N) is 3. The Balaban J connectivity index is 1.57. The quantitative estimate of drug-likeness (QED) is 0.855. The third-order valence-electron chi connectivity index (χ3n) is 3.92. The molecule has 0 atom stereocenters. The molecule has 0 bridgehead atoms. The fraction of sp³-hybridized carbons (Fsp3) is 0.438. The summed E-state index contributed by atoms with van der Waals surface area (Å²) in [7, 11) is 0. The average molecular weight is 349 g/mol. The predicted molar refractivity (Wildman–Crippen MR) is 92.1 cm³/mol. The van der Waals surface area contributed by atoms with Crippen LogP contribution in [0.4, 0.5) is 0 Å². The largest absolute Gasteiger partial charge is 0.339 e. The lowest BCUT2D eigenvalue weighted by atomic mass is 10.2. The minimum absolute atomic E-state index is 0.0402. The van der Waals surface area contributed by atoms with Gasteiger partial charge in [0.15, 0.2) is 0 Å². The maximum Gasteiger partial charge on any atom is 0.265 e. The van der Waals surface area contributed by atoms with E-state index in [1.165, 1.54) is 11.3 Å². The third-order valence-corrected chi connectivity index (χ3v) is 5.86. The van der Waals surface area contributed by atoms with E-state index in [1.807, 2.05) is 41.2 Å². The number of rotatable bonds is 3. The van der Waals surface area contributed by atoms with E-state index in [2.05, 4.69) is 4.98 Å². The molecule has 1 aliphatic heterocycles. The number of piperazine rings is 1. The first-order valence-electron chi connectivity index (χ1n) is 7.58. The standard InChI is InChI=1S/C16H19N3O2S2/c1-11-15(23-12(2)17-11)16(21)19-7-5-18(6-8-19)14(20)10-13-4-3-9-22-13/h3-4,9H,5-8,10H2,1-2H3. The van der Waals surface area contributed by atoms with Crippen molar-refractivity contribution in [3.05, 3.63) is 38.0 Å². The molecule has 23 heavy (non-hydrogen) atoms. The molecule has 122 valence electrons. The monoisotopic (exact) mass is 349 g/mol. The summed E-state index contributed by atoms with van der Waals surface area (Å²) < 4.78 is 0. The molecule has 1 saturated heterocycles. The zero-order chi connectivity index (χ0) is 16.4. The Bertz CT molecular complexity index is 701. The Morgan fingerprint density at radius 2 is 1.87 bits per heavy atom. The van der Waals surface area contributed by atoms with E-state index in [0.717, 1.165) is 20.5 Å². The van der Waals surface area contributed by atoms with Crippen LogP contribution < -0.4 is 0 Å². The van der Waals surface area contributed by atoms with Gasteiger partial charge in [-0.25, -0.2) is 4.98 Å². The highest BCUT2D eigenvalue weighted by atomic mass is 32.1. The van der Waals surface area contributed by atoms with E-state index < -0.39 is 0 Å². The summed E-state index contributed by atoms with van der Waals surface area (Å²) >= 11 is 3.05. The number of thiazole rings is 1. The molecule has 1 fully saturated rings. The maximum atomic E-state index is 12.6. The van der Waals surface area contributed by atoms with E-state index in [9.17, 15) is 9.59 Å². The van der Waals surface area contributed by atoms with Crippen molar-refractivity contribution in [1.29, 1.82) is 0 Å². The van der Waals surface area contributed by atoms with Crippen molar-refractivity contribution in [1.82, 2.24) is 14.8 Å². The van der Waals surface area contributed by atoms with Crippen molar-refractivity contribution in [3.8, 4) is 0 Å². The van der Waals surface area contributed by atoms with Crippen molar-refractivity contribution in [3.63, 3.8) is 0 Å². The highest BCUT2D eigenvalue weighted by Gasteiger charge is 2.27. The molecule has 0 aromatic carbocycles. The number of thiophene rings is 1. The molecule has 2 amide bonds. The number of amides is 2. The molecule has 0 aliphatic carbocycles. The average Bonchev–Trinajstić information content (AvgIpc) is 3.16. The van der Waals surface area contributed by atoms with Crippen molar-refractivity contribution in [2.45, 2.75) is 20.3 Å². The molecule has 0 radical (unpaired) electrons. The SMILES string of the molecule is Cc1nc(C)c(C(=O)N2CCN(C(=O)Cc3cccs3)CC2)s1. The number of carbonyl (C=O) groups excluding carboxylic acids is 2. The van der Waals surface area contributed by atoms with E-state index in [4.69, 9.17) is 0 Å². The van der Waals surface area contributed by atoms with Gasteiger partial charge >= 0.3 is 0 Å². The van der Waals surface area contributed by atoms with Crippen LogP contribution in [0.2, 0.25) is 0 Å². The maximum absolute atomic E-state index is 12.6. The molecule has 5 nitrogen and oxygen atoms in total. The second kappa shape index (κ2) is 6.80. The van der Waals surface area contributed by atoms with Crippen LogP contribution in [0.1, 0.15) is 25.3 Å². The third kappa shape index (κ3) is 3.61. The van der Waals surface area contributed by atoms with Gasteiger partial charge in [0.1, 0.15) is 4.88 Å². The summed E-state index contributed by atoms with van der Waals surface area (Å²) in [5.41, 5.74) is 0.800. The van der Waals surface area contributed by atoms with Gasteiger partial charge in [0.2, 0.25) is 5.91 Å². The number of aromatic nitrogens is 1. The molecule has 3 heterocycles. The number of hydrogen-bond acceptors (Lipinski definition) is 5. The van der Waals surface area contributed by atoms with Gasteiger partial charge in [-0.3, -0.25) is 9.59 Å². The second-order valence-electron chi connectivity index (χ2n) is 5.58. The summed E-state index contributed by atoms with van der Waals surface area (Å²) in [6.45, 7) is 6.17. The highest BCUT2D eigenvalue weighted by molar-refractivity contribution is 7.13. The lowest BCUT2D eigenvalue weighted by Crippen LogP contribution is -2.50. The Labute approximate surface area is 143 Å². The summed E-state index contributed by atoms with van der Waals surface area (Å²) in [5, 5.41) is 2.90. The van der Waals surface area contributed by atoms with Gasteiger partial charge in [0.25, 0.3) is 5.91 Å². The lowest BCUT2D eigenvalue weighted by Gasteiger charge is -2.34. The molecule has 3 rings (SSSR count). The van der Waals surface area contributed by atoms with Gasteiger partial charge in [-0.2, -0.15) is 0 Å². The zero-order valence-corrected chi connectivity index (χ0v) is 14.9. The van der Waals surface area contributed by atoms with E-state index in [1.54, 1.807) is 11.3 Å². The van der Waals surface area contributed by atoms with Gasteiger partial charge in [0.05, 0.1) is 17.1 Å². The van der Waals surface area contributed by atoms with Gasteiger partial charge in [0, 0.05) is 31.1 Å². The number of hydrogen-bond donors (Lipinski definition) is 0. The summed E-state index contributed by atoms with van der Waals surface area (Å²) in [5.74, 6) is 0.183. The Hall–Kier alpha value is -1.73. The van der Waals surface area contributed by atoms with E-state index in [-0.39, 0.29) is 11.8 Å². The zero-order valence-electron chi connectivity index (χ0n) is 13.2. The van der Waals surface area contributed by atoms with Gasteiger partial charge in [-0.15, -0.1) is 22.7 Å². The fourth-order valence-corrected chi connectivity index (χ4v) is 4.29. The minimum atomic E-state index is 0.0402. The van der Waals surface area contributed by atoms with Gasteiger partial charge in [-0.1, -0.05) is 6.07 Å². The van der Waals surface area contributed by atoms with Gasteiger partial charge < -0.3 is 9.80 Å². The normalized spacial score (nSPS) is 15.0. The predicted octanol–water partition coefficient (Wildman–Crippen LogP) is 2.35. The second-order valence-corrected chi connectivity index (χ2v) is 7.81. The van der Waals surface area contributed by atoms with Crippen molar-refractivity contribution in [2.24, 2.45) is 0 Å². The molecule has 1 aliphatic rings. The molecule has 0 spiro atoms. The van der Waals surface area contributed by atoms with Crippen LogP contribution in [0.25, 0.3) is 0 Å². The van der Waals surface area contributed by atoms with Gasteiger partial charge in [-0.05, 0) is 25.3 Å². The van der Waals surface area contributed by atoms with E-state index in [0.29, 0.717) is 32.6 Å². The Kier molecular flexibility index (Phi) is 4.77. The smallest absolute Gasteiger partial charge is 0.265 e. The molecular weight excluding hydrogens is 330 g/mol. The highest BCUT2D eigenvalue weighted by Crippen LogP contribution is 2.20. The number of carbonyl (C=O) groups is 2. The molecule has 7 heteroatoms. The first-order chi connectivity index (χ1) is 11.0. The molecule has 2 aromatic heterocycles. The summed E-state index contributed by atoms with van der Waals surface area (Å²) in [4.78, 5) is 34.7. The van der Waals surface area contributed by atoms with Crippen LogP contribution in [-0.2, 0) is 11.2 Å². The fourth-order valence-electron chi connectivity index (χ4n) is 2.71. The number of aryl methyl sites for hydroxylation is 2. The Morgan fingerprint density at radius 3 is 2.43 bits per heavy atom. The minimum Gasteiger partial charge on any atom is -0.339 e. The topological polar surface area (TPSA) is 53.5 Å². The van der Waals surface area contributed by atoms with Crippen molar-refractivity contribution < 1.29 is 9.59 Å². The van der Waals surface area contributed by atoms with Crippen LogP contribution >= 0.6 is 22.7 Å².